The molecule has 0 aliphatic carbocycles. The first-order chi connectivity index (χ1) is 9.33. The van der Waals surface area contributed by atoms with Crippen molar-refractivity contribution < 1.29 is 9.13 Å². The van der Waals surface area contributed by atoms with Crippen molar-refractivity contribution in [3.05, 3.63) is 72.2 Å². The molecule has 0 saturated heterocycles. The Balaban J connectivity index is 1.90. The summed E-state index contributed by atoms with van der Waals surface area (Å²) in [5.74, 6) is 0.101. The minimum absolute atomic E-state index is 0.443. The predicted molar refractivity (Wildman–Crippen MR) is 72.5 cm³/mol. The molecule has 0 aliphatic rings. The average molecular weight is 253 g/mol. The van der Waals surface area contributed by atoms with Crippen LogP contribution in [-0.4, -0.2) is 4.98 Å². The van der Waals surface area contributed by atoms with E-state index in [1.54, 1.807) is 12.1 Å². The summed E-state index contributed by atoms with van der Waals surface area (Å²) in [6.07, 6.45) is 0. The van der Waals surface area contributed by atoms with Gasteiger partial charge in [0.25, 0.3) is 0 Å². The van der Waals surface area contributed by atoms with Crippen molar-refractivity contribution in [2.45, 2.75) is 6.61 Å². The summed E-state index contributed by atoms with van der Waals surface area (Å²) in [5, 5.41) is 0.868. The molecule has 3 heteroatoms. The Labute approximate surface area is 110 Å². The third kappa shape index (κ3) is 2.55. The van der Waals surface area contributed by atoms with Crippen molar-refractivity contribution in [1.29, 1.82) is 0 Å². The fraction of sp³-hybridized carbons (Fsp3) is 0.0625. The van der Waals surface area contributed by atoms with Gasteiger partial charge in [-0.3, -0.25) is 0 Å². The van der Waals surface area contributed by atoms with E-state index in [4.69, 9.17) is 4.74 Å². The molecular formula is C16H12FNO. The molecule has 0 radical (unpaired) electrons. The van der Waals surface area contributed by atoms with E-state index >= 15 is 0 Å². The van der Waals surface area contributed by atoms with Crippen LogP contribution in [0.15, 0.2) is 60.7 Å². The van der Waals surface area contributed by atoms with E-state index in [2.05, 4.69) is 4.98 Å². The lowest BCUT2D eigenvalue weighted by Crippen LogP contribution is -1.97. The second-order valence-corrected chi connectivity index (χ2v) is 4.24. The van der Waals surface area contributed by atoms with Crippen LogP contribution in [0.3, 0.4) is 0 Å². The van der Waals surface area contributed by atoms with Crippen LogP contribution < -0.4 is 4.74 Å². The van der Waals surface area contributed by atoms with Gasteiger partial charge in [0, 0.05) is 5.39 Å². The van der Waals surface area contributed by atoms with E-state index in [0.717, 1.165) is 10.9 Å². The van der Waals surface area contributed by atoms with Crippen LogP contribution in [0.25, 0.3) is 10.9 Å². The van der Waals surface area contributed by atoms with Crippen LogP contribution in [0.4, 0.5) is 4.39 Å². The fourth-order valence-corrected chi connectivity index (χ4v) is 1.95. The second-order valence-electron chi connectivity index (χ2n) is 4.24. The summed E-state index contributed by atoms with van der Waals surface area (Å²) < 4.78 is 18.9. The molecule has 19 heavy (non-hydrogen) atoms. The average Bonchev–Trinajstić information content (AvgIpc) is 2.46. The first-order valence-electron chi connectivity index (χ1n) is 6.05. The molecule has 1 heterocycles. The highest BCUT2D eigenvalue weighted by Gasteiger charge is 2.05. The number of pyridine rings is 1. The van der Waals surface area contributed by atoms with E-state index in [-0.39, 0.29) is 0 Å². The Kier molecular flexibility index (Phi) is 3.11. The Morgan fingerprint density at radius 3 is 2.58 bits per heavy atom. The molecule has 0 fully saturated rings. The topological polar surface area (TPSA) is 22.1 Å². The van der Waals surface area contributed by atoms with Gasteiger partial charge < -0.3 is 4.74 Å². The maximum atomic E-state index is 13.2. The molecule has 0 saturated carbocycles. The van der Waals surface area contributed by atoms with Gasteiger partial charge in [-0.1, -0.05) is 42.5 Å². The van der Waals surface area contributed by atoms with Crippen molar-refractivity contribution in [2.24, 2.45) is 0 Å². The van der Waals surface area contributed by atoms with Crippen LogP contribution in [-0.2, 0) is 6.61 Å². The first kappa shape index (κ1) is 11.7. The maximum Gasteiger partial charge on any atom is 0.213 e. The fourth-order valence-electron chi connectivity index (χ4n) is 1.95. The quantitative estimate of drug-likeness (QED) is 0.659. The number of ether oxygens (including phenoxy) is 1. The lowest BCUT2D eigenvalue weighted by atomic mass is 10.2. The molecule has 1 aromatic heterocycles. The molecule has 3 rings (SSSR count). The molecule has 0 N–H and O–H groups in total. The lowest BCUT2D eigenvalue weighted by molar-refractivity contribution is 0.309. The Morgan fingerprint density at radius 1 is 0.895 bits per heavy atom. The molecule has 0 amide bonds. The normalized spacial score (nSPS) is 10.6. The largest absolute Gasteiger partial charge is 0.487 e. The number of para-hydroxylation sites is 1. The maximum absolute atomic E-state index is 13.2. The van der Waals surface area contributed by atoms with E-state index in [9.17, 15) is 4.39 Å². The molecular weight excluding hydrogens is 241 g/mol. The van der Waals surface area contributed by atoms with E-state index in [1.165, 1.54) is 6.07 Å². The molecule has 2 nitrogen and oxygen atoms in total. The molecule has 0 aliphatic heterocycles. The van der Waals surface area contributed by atoms with Crippen LogP contribution in [0, 0.1) is 5.95 Å². The smallest absolute Gasteiger partial charge is 0.213 e. The highest BCUT2D eigenvalue weighted by atomic mass is 19.1. The first-order valence-corrected chi connectivity index (χ1v) is 6.05. The van der Waals surface area contributed by atoms with E-state index in [0.29, 0.717) is 17.9 Å². The standard InChI is InChI=1S/C16H12FNO/c17-15-10-9-13-7-4-8-14(16(13)18-15)19-11-12-5-2-1-3-6-12/h1-10H,11H2. The number of fused-ring (bicyclic) bond motifs is 1. The van der Waals surface area contributed by atoms with Crippen molar-refractivity contribution >= 4 is 10.9 Å². The summed E-state index contributed by atoms with van der Waals surface area (Å²) >= 11 is 0. The van der Waals surface area contributed by atoms with Crippen molar-refractivity contribution in [3.63, 3.8) is 0 Å². The number of hydrogen-bond donors (Lipinski definition) is 0. The van der Waals surface area contributed by atoms with Crippen LogP contribution in [0.5, 0.6) is 5.75 Å². The molecule has 3 aromatic rings. The van der Waals surface area contributed by atoms with E-state index in [1.807, 2.05) is 42.5 Å². The van der Waals surface area contributed by atoms with Crippen LogP contribution >= 0.6 is 0 Å². The molecule has 0 atom stereocenters. The van der Waals surface area contributed by atoms with Crippen LogP contribution in [0.2, 0.25) is 0 Å². The summed E-state index contributed by atoms with van der Waals surface area (Å²) in [6, 6.07) is 18.5. The van der Waals surface area contributed by atoms with Gasteiger partial charge in [0.1, 0.15) is 17.9 Å². The van der Waals surface area contributed by atoms with Gasteiger partial charge in [0.05, 0.1) is 0 Å². The van der Waals surface area contributed by atoms with Gasteiger partial charge in [0.2, 0.25) is 5.95 Å². The minimum atomic E-state index is -0.497. The summed E-state index contributed by atoms with van der Waals surface area (Å²) in [4.78, 5) is 3.90. The second kappa shape index (κ2) is 5.06. The van der Waals surface area contributed by atoms with Gasteiger partial charge in [-0.25, -0.2) is 4.98 Å². The highest BCUT2D eigenvalue weighted by molar-refractivity contribution is 5.84. The monoisotopic (exact) mass is 253 g/mol. The van der Waals surface area contributed by atoms with Crippen molar-refractivity contribution in [3.8, 4) is 5.75 Å². The van der Waals surface area contributed by atoms with E-state index < -0.39 is 5.95 Å². The summed E-state index contributed by atoms with van der Waals surface area (Å²) in [7, 11) is 0. The van der Waals surface area contributed by atoms with Crippen molar-refractivity contribution in [1.82, 2.24) is 4.98 Å². The molecule has 94 valence electrons. The Bertz CT molecular complexity index is 697. The summed E-state index contributed by atoms with van der Waals surface area (Å²) in [5.41, 5.74) is 1.62. The lowest BCUT2D eigenvalue weighted by Gasteiger charge is -2.08. The molecule has 0 spiro atoms. The van der Waals surface area contributed by atoms with Gasteiger partial charge in [-0.2, -0.15) is 4.39 Å². The molecule has 2 aromatic carbocycles. The number of benzene rings is 2. The van der Waals surface area contributed by atoms with Gasteiger partial charge in [-0.15, -0.1) is 0 Å². The third-order valence-corrected chi connectivity index (χ3v) is 2.89. The zero-order chi connectivity index (χ0) is 13.1. The van der Waals surface area contributed by atoms with Crippen molar-refractivity contribution in [2.75, 3.05) is 0 Å². The van der Waals surface area contributed by atoms with Gasteiger partial charge in [-0.05, 0) is 23.8 Å². The highest BCUT2D eigenvalue weighted by Crippen LogP contribution is 2.24. The zero-order valence-corrected chi connectivity index (χ0v) is 10.2. The van der Waals surface area contributed by atoms with Gasteiger partial charge in [0.15, 0.2) is 0 Å². The predicted octanol–water partition coefficient (Wildman–Crippen LogP) is 3.95. The van der Waals surface area contributed by atoms with Crippen LogP contribution in [0.1, 0.15) is 5.56 Å². The molecule has 0 unspecified atom stereocenters. The Hall–Kier alpha value is -2.42. The third-order valence-electron chi connectivity index (χ3n) is 2.89. The number of halogens is 1. The Morgan fingerprint density at radius 2 is 1.74 bits per heavy atom. The minimum Gasteiger partial charge on any atom is -0.487 e. The SMILES string of the molecule is Fc1ccc2cccc(OCc3ccccc3)c2n1. The number of aromatic nitrogens is 1. The number of hydrogen-bond acceptors (Lipinski definition) is 2. The zero-order valence-electron chi connectivity index (χ0n) is 10.2. The summed E-state index contributed by atoms with van der Waals surface area (Å²) in [6.45, 7) is 0.443. The number of nitrogens with zero attached hydrogens (tertiary/aromatic N) is 1. The number of rotatable bonds is 3. The van der Waals surface area contributed by atoms with Gasteiger partial charge >= 0.3 is 0 Å². The molecule has 0 bridgehead atoms.